The number of hydrogen-bond donors (Lipinski definition) is 2. The number of anilines is 1. The molecule has 4 nitrogen and oxygen atoms in total. The number of halogens is 2. The van der Waals surface area contributed by atoms with Crippen molar-refractivity contribution in [3.63, 3.8) is 0 Å². The standard InChI is InChI=1S/C13H10Cl2N2O2S2/c14-9-3-1-2-4-12(9)21(18,19)17-11-6-5-8(13(16)20)7-10(11)15/h1-7,17H,(H2,16,20). The molecule has 0 atom stereocenters. The Balaban J connectivity index is 2.38. The lowest BCUT2D eigenvalue weighted by Crippen LogP contribution is -2.14. The van der Waals surface area contributed by atoms with Gasteiger partial charge in [-0.15, -0.1) is 0 Å². The molecule has 0 spiro atoms. The molecule has 0 amide bonds. The van der Waals surface area contributed by atoms with Crippen LogP contribution >= 0.6 is 35.4 Å². The Labute approximate surface area is 137 Å². The Kier molecular flexibility index (Phi) is 4.73. The van der Waals surface area contributed by atoms with Gasteiger partial charge in [-0.05, 0) is 30.3 Å². The molecule has 0 aliphatic rings. The Bertz CT molecular complexity index is 808. The lowest BCUT2D eigenvalue weighted by atomic mass is 10.2. The van der Waals surface area contributed by atoms with Gasteiger partial charge in [0.2, 0.25) is 0 Å². The number of sulfonamides is 1. The Morgan fingerprint density at radius 3 is 2.33 bits per heavy atom. The second-order valence-corrected chi connectivity index (χ2v) is 7.00. The summed E-state index contributed by atoms with van der Waals surface area (Å²) >= 11 is 16.8. The van der Waals surface area contributed by atoms with Crippen LogP contribution in [-0.4, -0.2) is 13.4 Å². The van der Waals surface area contributed by atoms with E-state index in [1.165, 1.54) is 24.3 Å². The van der Waals surface area contributed by atoms with E-state index in [0.717, 1.165) is 0 Å². The number of thiocarbonyl (C=S) groups is 1. The van der Waals surface area contributed by atoms with E-state index in [4.69, 9.17) is 41.2 Å². The highest BCUT2D eigenvalue weighted by molar-refractivity contribution is 7.92. The molecule has 0 fully saturated rings. The van der Waals surface area contributed by atoms with E-state index >= 15 is 0 Å². The van der Waals surface area contributed by atoms with Crippen LogP contribution in [0.5, 0.6) is 0 Å². The van der Waals surface area contributed by atoms with Crippen molar-refractivity contribution in [3.05, 3.63) is 58.1 Å². The number of nitrogens with one attached hydrogen (secondary N) is 1. The molecule has 0 aromatic heterocycles. The van der Waals surface area contributed by atoms with Crippen LogP contribution in [-0.2, 0) is 10.0 Å². The summed E-state index contributed by atoms with van der Waals surface area (Å²) in [6.07, 6.45) is 0. The zero-order valence-corrected chi connectivity index (χ0v) is 13.7. The van der Waals surface area contributed by atoms with Gasteiger partial charge in [0.1, 0.15) is 9.88 Å². The van der Waals surface area contributed by atoms with Gasteiger partial charge < -0.3 is 5.73 Å². The van der Waals surface area contributed by atoms with Gasteiger partial charge in [0.15, 0.2) is 0 Å². The first-order chi connectivity index (χ1) is 9.81. The van der Waals surface area contributed by atoms with E-state index in [1.807, 2.05) is 0 Å². The molecule has 3 N–H and O–H groups in total. The average Bonchev–Trinajstić information content (AvgIpc) is 2.41. The average molecular weight is 361 g/mol. The molecule has 0 aliphatic carbocycles. The molecule has 2 rings (SSSR count). The number of benzene rings is 2. The maximum absolute atomic E-state index is 12.3. The van der Waals surface area contributed by atoms with Crippen LogP contribution in [0.3, 0.4) is 0 Å². The van der Waals surface area contributed by atoms with Crippen molar-refractivity contribution in [1.82, 2.24) is 0 Å². The zero-order valence-electron chi connectivity index (χ0n) is 10.5. The summed E-state index contributed by atoms with van der Waals surface area (Å²) in [4.78, 5) is 0.151. The van der Waals surface area contributed by atoms with Crippen LogP contribution in [0, 0.1) is 0 Å². The normalized spacial score (nSPS) is 11.1. The third-order valence-electron chi connectivity index (χ3n) is 2.62. The quantitative estimate of drug-likeness (QED) is 0.819. The minimum Gasteiger partial charge on any atom is -0.389 e. The number of hydrogen-bond acceptors (Lipinski definition) is 3. The van der Waals surface area contributed by atoms with Crippen LogP contribution in [0.4, 0.5) is 5.69 Å². The minimum absolute atomic E-state index is 0.0267. The van der Waals surface area contributed by atoms with Crippen LogP contribution in [0.15, 0.2) is 47.4 Å². The Hall–Kier alpha value is -1.34. The van der Waals surface area contributed by atoms with Crippen molar-refractivity contribution in [2.75, 3.05) is 4.72 Å². The molecule has 21 heavy (non-hydrogen) atoms. The summed E-state index contributed by atoms with van der Waals surface area (Å²) in [5.41, 5.74) is 6.26. The van der Waals surface area contributed by atoms with Gasteiger partial charge in [-0.3, -0.25) is 4.72 Å². The molecule has 0 radical (unpaired) electrons. The Morgan fingerprint density at radius 2 is 1.76 bits per heavy atom. The van der Waals surface area contributed by atoms with Crippen LogP contribution < -0.4 is 10.5 Å². The number of nitrogens with two attached hydrogens (primary N) is 1. The number of rotatable bonds is 4. The summed E-state index contributed by atoms with van der Waals surface area (Å²) in [6, 6.07) is 10.7. The predicted octanol–water partition coefficient (Wildman–Crippen LogP) is 3.43. The summed E-state index contributed by atoms with van der Waals surface area (Å²) in [5, 5.41) is 0.316. The summed E-state index contributed by atoms with van der Waals surface area (Å²) in [5.74, 6) is 0. The first-order valence-electron chi connectivity index (χ1n) is 5.68. The first-order valence-corrected chi connectivity index (χ1v) is 8.33. The van der Waals surface area contributed by atoms with Crippen molar-refractivity contribution in [3.8, 4) is 0 Å². The second-order valence-electron chi connectivity index (χ2n) is 4.09. The summed E-state index contributed by atoms with van der Waals surface area (Å²) < 4.78 is 27.0. The van der Waals surface area contributed by atoms with Crippen LogP contribution in [0.2, 0.25) is 10.0 Å². The third-order valence-corrected chi connectivity index (χ3v) is 5.04. The zero-order chi connectivity index (χ0) is 15.6. The summed E-state index contributed by atoms with van der Waals surface area (Å²) in [7, 11) is -3.83. The predicted molar refractivity (Wildman–Crippen MR) is 89.6 cm³/mol. The first kappa shape index (κ1) is 16.0. The van der Waals surface area contributed by atoms with Crippen molar-refractivity contribution in [1.29, 1.82) is 0 Å². The van der Waals surface area contributed by atoms with Crippen molar-refractivity contribution >= 4 is 56.1 Å². The Morgan fingerprint density at radius 1 is 1.10 bits per heavy atom. The topological polar surface area (TPSA) is 72.2 Å². The van der Waals surface area contributed by atoms with E-state index in [1.54, 1.807) is 18.2 Å². The van der Waals surface area contributed by atoms with E-state index in [9.17, 15) is 8.42 Å². The van der Waals surface area contributed by atoms with Gasteiger partial charge in [-0.1, -0.05) is 47.6 Å². The van der Waals surface area contributed by atoms with Crippen molar-refractivity contribution in [2.45, 2.75) is 4.90 Å². The molecule has 0 aliphatic heterocycles. The third kappa shape index (κ3) is 3.65. The molecular formula is C13H10Cl2N2O2S2. The van der Waals surface area contributed by atoms with E-state index < -0.39 is 10.0 Å². The van der Waals surface area contributed by atoms with Gasteiger partial charge in [0, 0.05) is 5.56 Å². The van der Waals surface area contributed by atoms with Crippen molar-refractivity contribution < 1.29 is 8.42 Å². The highest BCUT2D eigenvalue weighted by atomic mass is 35.5. The fraction of sp³-hybridized carbons (Fsp3) is 0. The highest BCUT2D eigenvalue weighted by Crippen LogP contribution is 2.28. The van der Waals surface area contributed by atoms with Gasteiger partial charge in [0.25, 0.3) is 10.0 Å². The van der Waals surface area contributed by atoms with Gasteiger partial charge in [-0.25, -0.2) is 8.42 Å². The van der Waals surface area contributed by atoms with Gasteiger partial charge in [-0.2, -0.15) is 0 Å². The maximum atomic E-state index is 12.3. The molecule has 8 heteroatoms. The molecule has 0 heterocycles. The van der Waals surface area contributed by atoms with E-state index in [0.29, 0.717) is 5.56 Å². The monoisotopic (exact) mass is 360 g/mol. The molecule has 0 bridgehead atoms. The van der Waals surface area contributed by atoms with Crippen LogP contribution in [0.1, 0.15) is 5.56 Å². The molecule has 0 unspecified atom stereocenters. The fourth-order valence-corrected chi connectivity index (χ4v) is 3.62. The molecule has 0 saturated heterocycles. The maximum Gasteiger partial charge on any atom is 0.263 e. The highest BCUT2D eigenvalue weighted by Gasteiger charge is 2.18. The van der Waals surface area contributed by atoms with Gasteiger partial charge >= 0.3 is 0 Å². The summed E-state index contributed by atoms with van der Waals surface area (Å²) in [6.45, 7) is 0. The molecule has 0 saturated carbocycles. The fourth-order valence-electron chi connectivity index (χ4n) is 1.61. The van der Waals surface area contributed by atoms with Crippen LogP contribution in [0.25, 0.3) is 0 Å². The molecule has 2 aromatic rings. The van der Waals surface area contributed by atoms with E-state index in [-0.39, 0.29) is 25.6 Å². The molecule has 2 aromatic carbocycles. The minimum atomic E-state index is -3.83. The molecule has 110 valence electrons. The lowest BCUT2D eigenvalue weighted by Gasteiger charge is -2.11. The second kappa shape index (κ2) is 6.19. The van der Waals surface area contributed by atoms with Gasteiger partial charge in [0.05, 0.1) is 15.7 Å². The lowest BCUT2D eigenvalue weighted by molar-refractivity contribution is 0.601. The smallest absolute Gasteiger partial charge is 0.263 e. The van der Waals surface area contributed by atoms with Crippen molar-refractivity contribution in [2.24, 2.45) is 5.73 Å². The largest absolute Gasteiger partial charge is 0.389 e. The van der Waals surface area contributed by atoms with E-state index in [2.05, 4.69) is 4.72 Å². The molecular weight excluding hydrogens is 351 g/mol. The SMILES string of the molecule is NC(=S)c1ccc(NS(=O)(=O)c2ccccc2Cl)c(Cl)c1.